The highest BCUT2D eigenvalue weighted by Crippen LogP contribution is 2.22. The molecule has 27 heavy (non-hydrogen) atoms. The molecule has 2 aromatic rings. The predicted molar refractivity (Wildman–Crippen MR) is 111 cm³/mol. The second kappa shape index (κ2) is 10.1. The van der Waals surface area contributed by atoms with E-state index < -0.39 is 0 Å². The van der Waals surface area contributed by atoms with Crippen molar-refractivity contribution in [2.75, 3.05) is 5.32 Å². The third-order valence-electron chi connectivity index (χ3n) is 3.82. The molecule has 142 valence electrons. The maximum Gasteiger partial charge on any atom is 0.257 e. The molecule has 0 atom stereocenters. The zero-order valence-electron chi connectivity index (χ0n) is 15.2. The van der Waals surface area contributed by atoms with Crippen molar-refractivity contribution in [1.29, 1.82) is 0 Å². The number of rotatable bonds is 7. The van der Waals surface area contributed by atoms with Gasteiger partial charge in [0.05, 0.1) is 16.3 Å². The number of hydrogen-bond donors (Lipinski definition) is 2. The number of unbranched alkanes of at least 4 members (excludes halogenated alkanes) is 1. The Kier molecular flexibility index (Phi) is 7.82. The minimum absolute atomic E-state index is 0.113. The number of halogens is 2. The maximum atomic E-state index is 12.4. The van der Waals surface area contributed by atoms with Crippen LogP contribution in [0.2, 0.25) is 10.0 Å². The molecule has 7 heteroatoms. The van der Waals surface area contributed by atoms with E-state index in [1.54, 1.807) is 37.3 Å². The molecule has 2 rings (SSSR count). The highest BCUT2D eigenvalue weighted by Gasteiger charge is 2.11. The molecule has 0 heterocycles. The number of carbonyl (C=O) groups excluding carboxylic acids is 2. The first-order chi connectivity index (χ1) is 12.9. The fourth-order valence-electron chi connectivity index (χ4n) is 2.30. The Bertz CT molecular complexity index is 866. The Labute approximate surface area is 168 Å². The van der Waals surface area contributed by atoms with E-state index in [0.717, 1.165) is 18.4 Å². The molecule has 0 saturated carbocycles. The van der Waals surface area contributed by atoms with Gasteiger partial charge in [0.2, 0.25) is 5.91 Å². The van der Waals surface area contributed by atoms with Crippen LogP contribution in [0.15, 0.2) is 47.6 Å². The fraction of sp³-hybridized carbons (Fsp3) is 0.250. The molecule has 2 aromatic carbocycles. The molecule has 0 unspecified atom stereocenters. The van der Waals surface area contributed by atoms with Crippen LogP contribution < -0.4 is 10.7 Å². The second-order valence-corrected chi connectivity index (χ2v) is 6.84. The summed E-state index contributed by atoms with van der Waals surface area (Å²) in [7, 11) is 0. The first-order valence-corrected chi connectivity index (χ1v) is 9.36. The number of hydrazone groups is 1. The number of benzene rings is 2. The summed E-state index contributed by atoms with van der Waals surface area (Å²) in [5.74, 6) is -0.450. The predicted octanol–water partition coefficient (Wildman–Crippen LogP) is 5.28. The summed E-state index contributed by atoms with van der Waals surface area (Å²) >= 11 is 11.9. The van der Waals surface area contributed by atoms with Gasteiger partial charge in [0.1, 0.15) is 0 Å². The normalized spacial score (nSPS) is 11.2. The van der Waals surface area contributed by atoms with Crippen LogP contribution >= 0.6 is 23.2 Å². The van der Waals surface area contributed by atoms with Crippen molar-refractivity contribution in [2.24, 2.45) is 5.10 Å². The van der Waals surface area contributed by atoms with E-state index in [2.05, 4.69) is 15.8 Å². The summed E-state index contributed by atoms with van der Waals surface area (Å²) in [5, 5.41) is 7.66. The quantitative estimate of drug-likeness (QED) is 0.485. The van der Waals surface area contributed by atoms with E-state index in [1.807, 2.05) is 13.0 Å². The molecule has 2 amide bonds. The summed E-state index contributed by atoms with van der Waals surface area (Å²) in [4.78, 5) is 24.1. The Morgan fingerprint density at radius 1 is 1.11 bits per heavy atom. The van der Waals surface area contributed by atoms with Crippen molar-refractivity contribution in [3.05, 3.63) is 63.6 Å². The monoisotopic (exact) mass is 405 g/mol. The van der Waals surface area contributed by atoms with Crippen LogP contribution in [0, 0.1) is 0 Å². The van der Waals surface area contributed by atoms with Gasteiger partial charge >= 0.3 is 0 Å². The summed E-state index contributed by atoms with van der Waals surface area (Å²) in [6, 6.07) is 11.9. The van der Waals surface area contributed by atoms with Crippen molar-refractivity contribution < 1.29 is 9.59 Å². The number of nitrogens with one attached hydrogen (secondary N) is 2. The van der Waals surface area contributed by atoms with Crippen LogP contribution in [-0.4, -0.2) is 17.5 Å². The molecule has 0 spiro atoms. The molecular formula is C20H21Cl2N3O2. The van der Waals surface area contributed by atoms with Gasteiger partial charge in [0, 0.05) is 17.1 Å². The van der Waals surface area contributed by atoms with Crippen molar-refractivity contribution in [3.63, 3.8) is 0 Å². The largest absolute Gasteiger partial charge is 0.322 e. The molecular weight excluding hydrogens is 385 g/mol. The Balaban J connectivity index is 2.08. The molecule has 2 N–H and O–H groups in total. The lowest BCUT2D eigenvalue weighted by Crippen LogP contribution is -2.18. The molecule has 0 radical (unpaired) electrons. The lowest BCUT2D eigenvalue weighted by molar-refractivity contribution is -0.121. The summed E-state index contributed by atoms with van der Waals surface area (Å²) < 4.78 is 0. The van der Waals surface area contributed by atoms with Crippen molar-refractivity contribution in [2.45, 2.75) is 33.1 Å². The zero-order chi connectivity index (χ0) is 19.8. The van der Waals surface area contributed by atoms with E-state index in [-0.39, 0.29) is 16.8 Å². The molecule has 0 saturated heterocycles. The molecule has 0 aromatic heterocycles. The molecule has 0 fully saturated rings. The van der Waals surface area contributed by atoms with E-state index in [9.17, 15) is 9.59 Å². The molecule has 0 aliphatic heterocycles. The molecule has 0 bridgehead atoms. The van der Waals surface area contributed by atoms with Crippen LogP contribution in [0.1, 0.15) is 49.0 Å². The van der Waals surface area contributed by atoms with Gasteiger partial charge in [-0.25, -0.2) is 5.43 Å². The van der Waals surface area contributed by atoms with Crippen LogP contribution in [-0.2, 0) is 4.79 Å². The van der Waals surface area contributed by atoms with Crippen LogP contribution in [0.25, 0.3) is 0 Å². The lowest BCUT2D eigenvalue weighted by Gasteiger charge is -2.09. The summed E-state index contributed by atoms with van der Waals surface area (Å²) in [6.07, 6.45) is 2.23. The third kappa shape index (κ3) is 6.38. The number of nitrogens with zero attached hydrogens (tertiary/aromatic N) is 1. The lowest BCUT2D eigenvalue weighted by atomic mass is 10.1. The van der Waals surface area contributed by atoms with Crippen molar-refractivity contribution >= 4 is 46.4 Å². The minimum atomic E-state index is -0.337. The number of carbonyl (C=O) groups is 2. The number of anilines is 1. The van der Waals surface area contributed by atoms with E-state index in [0.29, 0.717) is 28.4 Å². The van der Waals surface area contributed by atoms with Gasteiger partial charge in [0.25, 0.3) is 5.91 Å². The van der Waals surface area contributed by atoms with Crippen molar-refractivity contribution in [3.8, 4) is 0 Å². The fourth-order valence-corrected chi connectivity index (χ4v) is 2.79. The van der Waals surface area contributed by atoms with Gasteiger partial charge in [-0.15, -0.1) is 0 Å². The Hall–Kier alpha value is -2.37. The van der Waals surface area contributed by atoms with Gasteiger partial charge < -0.3 is 5.32 Å². The van der Waals surface area contributed by atoms with Gasteiger partial charge in [-0.3, -0.25) is 9.59 Å². The van der Waals surface area contributed by atoms with E-state index in [1.165, 1.54) is 6.07 Å². The van der Waals surface area contributed by atoms with Gasteiger partial charge in [0.15, 0.2) is 0 Å². The van der Waals surface area contributed by atoms with Crippen LogP contribution in [0.5, 0.6) is 0 Å². The average molecular weight is 406 g/mol. The molecule has 5 nitrogen and oxygen atoms in total. The highest BCUT2D eigenvalue weighted by molar-refractivity contribution is 6.37. The minimum Gasteiger partial charge on any atom is -0.322 e. The maximum absolute atomic E-state index is 12.4. The summed E-state index contributed by atoms with van der Waals surface area (Å²) in [5.41, 5.74) is 4.90. The molecule has 0 aliphatic carbocycles. The van der Waals surface area contributed by atoms with E-state index >= 15 is 0 Å². The third-order valence-corrected chi connectivity index (χ3v) is 4.37. The topological polar surface area (TPSA) is 70.6 Å². The first kappa shape index (κ1) is 20.9. The van der Waals surface area contributed by atoms with Gasteiger partial charge in [-0.2, -0.15) is 5.10 Å². The zero-order valence-corrected chi connectivity index (χ0v) is 16.7. The highest BCUT2D eigenvalue weighted by atomic mass is 35.5. The second-order valence-electron chi connectivity index (χ2n) is 5.99. The Morgan fingerprint density at radius 3 is 2.59 bits per heavy atom. The average Bonchev–Trinajstić information content (AvgIpc) is 2.64. The van der Waals surface area contributed by atoms with Gasteiger partial charge in [-0.05, 0) is 49.2 Å². The number of hydrogen-bond acceptors (Lipinski definition) is 3. The van der Waals surface area contributed by atoms with Crippen LogP contribution in [0.4, 0.5) is 5.69 Å². The summed E-state index contributed by atoms with van der Waals surface area (Å²) in [6.45, 7) is 3.82. The SMILES string of the molecule is CCCCC(=O)NN=C(C)c1cccc(NC(=O)c2ccc(Cl)cc2Cl)c1. The van der Waals surface area contributed by atoms with Crippen LogP contribution in [0.3, 0.4) is 0 Å². The van der Waals surface area contributed by atoms with Gasteiger partial charge in [-0.1, -0.05) is 48.7 Å². The number of amides is 2. The smallest absolute Gasteiger partial charge is 0.257 e. The van der Waals surface area contributed by atoms with Crippen molar-refractivity contribution in [1.82, 2.24) is 5.43 Å². The van der Waals surface area contributed by atoms with E-state index in [4.69, 9.17) is 23.2 Å². The first-order valence-electron chi connectivity index (χ1n) is 8.60. The molecule has 0 aliphatic rings. The Morgan fingerprint density at radius 2 is 1.89 bits per heavy atom. The standard InChI is InChI=1S/C20H21Cl2N3O2/c1-3-4-8-19(26)25-24-13(2)14-6-5-7-16(11-14)23-20(27)17-10-9-15(21)12-18(17)22/h5-7,9-12H,3-4,8H2,1-2H3,(H,23,27)(H,25,26).